The third-order valence-corrected chi connectivity index (χ3v) is 7.84. The van der Waals surface area contributed by atoms with Gasteiger partial charge in [0.2, 0.25) is 0 Å². The van der Waals surface area contributed by atoms with Crippen LogP contribution in [0.15, 0.2) is 47.5 Å². The second kappa shape index (κ2) is 10.9. The van der Waals surface area contributed by atoms with E-state index in [0.29, 0.717) is 19.1 Å². The van der Waals surface area contributed by atoms with Crippen LogP contribution in [0.3, 0.4) is 0 Å². The van der Waals surface area contributed by atoms with Crippen molar-refractivity contribution in [3.05, 3.63) is 81.2 Å². The van der Waals surface area contributed by atoms with Gasteiger partial charge >= 0.3 is 0 Å². The Morgan fingerprint density at radius 3 is 2.65 bits per heavy atom. The van der Waals surface area contributed by atoms with Crippen molar-refractivity contribution in [1.82, 2.24) is 35.1 Å². The van der Waals surface area contributed by atoms with Crippen molar-refractivity contribution in [2.24, 2.45) is 5.92 Å². The second-order valence-electron chi connectivity index (χ2n) is 10.8. The first-order valence-electron chi connectivity index (χ1n) is 13.4. The van der Waals surface area contributed by atoms with Gasteiger partial charge in [-0.1, -0.05) is 51.3 Å². The number of hydrogen-bond acceptors (Lipinski definition) is 6. The number of H-pyrrole nitrogens is 1. The molecule has 1 aliphatic rings. The number of aromatic nitrogens is 6. The Hall–Kier alpha value is -3.39. The van der Waals surface area contributed by atoms with Gasteiger partial charge in [-0.15, -0.1) is 5.10 Å². The quantitative estimate of drug-likeness (QED) is 0.347. The number of pyridine rings is 2. The Balaban J connectivity index is 1.56. The molecule has 3 heterocycles. The Kier molecular flexibility index (Phi) is 7.46. The molecule has 4 aromatic rings. The molecule has 0 spiro atoms. The summed E-state index contributed by atoms with van der Waals surface area (Å²) in [6.45, 7) is 9.66. The van der Waals surface area contributed by atoms with Crippen molar-refractivity contribution < 1.29 is 0 Å². The molecule has 1 N–H and O–H groups in total. The molecule has 3 aromatic heterocycles. The molecule has 0 amide bonds. The van der Waals surface area contributed by atoms with Crippen LogP contribution in [0.1, 0.15) is 86.1 Å². The molecule has 0 saturated heterocycles. The molecule has 1 fully saturated rings. The maximum absolute atomic E-state index is 13.3. The maximum Gasteiger partial charge on any atom is 0.252 e. The topological polar surface area (TPSA) is 92.6 Å². The Morgan fingerprint density at radius 2 is 1.92 bits per heavy atom. The van der Waals surface area contributed by atoms with Gasteiger partial charge in [0.15, 0.2) is 5.82 Å². The molecular formula is C29H37N7O. The third-order valence-electron chi connectivity index (χ3n) is 7.84. The standard InChI is InChI=1S/C29H37N7O/c1-19(2)27(28-32-33-34-36(28)25-10-6-5-7-11-25)35(17-22-9-8-14-30-16-22)18-24-15-23-13-12-20(3)21(4)26(23)31-29(24)37/h8-9,12-16,19,25,27H,5-7,10-11,17-18H2,1-4H3,(H,31,37). The first kappa shape index (κ1) is 25.3. The molecule has 0 bridgehead atoms. The summed E-state index contributed by atoms with van der Waals surface area (Å²) in [5, 5.41) is 14.2. The number of aryl methyl sites for hydroxylation is 2. The van der Waals surface area contributed by atoms with Crippen LogP contribution in [-0.2, 0) is 13.1 Å². The van der Waals surface area contributed by atoms with Crippen LogP contribution in [0.2, 0.25) is 0 Å². The molecule has 194 valence electrons. The normalized spacial score (nSPS) is 15.6. The summed E-state index contributed by atoms with van der Waals surface area (Å²) in [6, 6.07) is 10.5. The minimum absolute atomic E-state index is 0.0493. The van der Waals surface area contributed by atoms with E-state index in [1.807, 2.05) is 18.3 Å². The zero-order chi connectivity index (χ0) is 25.9. The van der Waals surface area contributed by atoms with Crippen LogP contribution in [0.4, 0.5) is 0 Å². The summed E-state index contributed by atoms with van der Waals surface area (Å²) in [6.07, 6.45) is 9.59. The fourth-order valence-corrected chi connectivity index (χ4v) is 5.75. The number of rotatable bonds is 8. The Morgan fingerprint density at radius 1 is 1.11 bits per heavy atom. The van der Waals surface area contributed by atoms with Gasteiger partial charge in [-0.05, 0) is 77.2 Å². The summed E-state index contributed by atoms with van der Waals surface area (Å²) in [7, 11) is 0. The van der Waals surface area contributed by atoms with E-state index >= 15 is 0 Å². The van der Waals surface area contributed by atoms with Gasteiger partial charge in [0, 0.05) is 31.0 Å². The van der Waals surface area contributed by atoms with Crippen LogP contribution >= 0.6 is 0 Å². The molecule has 8 nitrogen and oxygen atoms in total. The van der Waals surface area contributed by atoms with E-state index in [-0.39, 0.29) is 17.5 Å². The molecule has 5 rings (SSSR count). The van der Waals surface area contributed by atoms with Gasteiger partial charge in [0.25, 0.3) is 5.56 Å². The molecule has 0 radical (unpaired) electrons. The lowest BCUT2D eigenvalue weighted by molar-refractivity contribution is 0.121. The highest BCUT2D eigenvalue weighted by atomic mass is 16.1. The number of aromatic amines is 1. The molecule has 1 unspecified atom stereocenters. The van der Waals surface area contributed by atoms with E-state index in [2.05, 4.69) is 81.0 Å². The number of tetrazole rings is 1. The molecule has 1 atom stereocenters. The van der Waals surface area contributed by atoms with E-state index in [1.54, 1.807) is 6.20 Å². The maximum atomic E-state index is 13.3. The van der Waals surface area contributed by atoms with E-state index in [0.717, 1.165) is 46.3 Å². The largest absolute Gasteiger partial charge is 0.321 e. The molecule has 37 heavy (non-hydrogen) atoms. The fourth-order valence-electron chi connectivity index (χ4n) is 5.75. The highest BCUT2D eigenvalue weighted by Crippen LogP contribution is 2.34. The minimum Gasteiger partial charge on any atom is -0.321 e. The molecule has 1 aliphatic carbocycles. The summed E-state index contributed by atoms with van der Waals surface area (Å²) >= 11 is 0. The number of nitrogens with one attached hydrogen (secondary N) is 1. The molecular weight excluding hydrogens is 462 g/mol. The van der Waals surface area contributed by atoms with Crippen molar-refractivity contribution in [2.75, 3.05) is 0 Å². The predicted octanol–water partition coefficient (Wildman–Crippen LogP) is 5.43. The van der Waals surface area contributed by atoms with Gasteiger partial charge in [0.05, 0.1) is 17.6 Å². The highest BCUT2D eigenvalue weighted by molar-refractivity contribution is 5.83. The number of benzene rings is 1. The van der Waals surface area contributed by atoms with E-state index in [4.69, 9.17) is 0 Å². The van der Waals surface area contributed by atoms with Gasteiger partial charge < -0.3 is 4.98 Å². The lowest BCUT2D eigenvalue weighted by Crippen LogP contribution is -2.36. The number of nitrogens with zero attached hydrogens (tertiary/aromatic N) is 6. The smallest absolute Gasteiger partial charge is 0.252 e. The molecule has 8 heteroatoms. The average molecular weight is 500 g/mol. The van der Waals surface area contributed by atoms with E-state index in [1.165, 1.54) is 24.8 Å². The highest BCUT2D eigenvalue weighted by Gasteiger charge is 2.32. The molecule has 0 aliphatic heterocycles. The second-order valence-corrected chi connectivity index (χ2v) is 10.8. The Labute approximate surface area is 218 Å². The first-order chi connectivity index (χ1) is 17.9. The average Bonchev–Trinajstić information content (AvgIpc) is 3.37. The lowest BCUT2D eigenvalue weighted by Gasteiger charge is -2.35. The van der Waals surface area contributed by atoms with Gasteiger partial charge in [-0.2, -0.15) is 0 Å². The third kappa shape index (κ3) is 5.34. The number of hydrogen-bond donors (Lipinski definition) is 1. The zero-order valence-electron chi connectivity index (χ0n) is 22.3. The predicted molar refractivity (Wildman–Crippen MR) is 145 cm³/mol. The van der Waals surface area contributed by atoms with Crippen LogP contribution in [-0.4, -0.2) is 35.1 Å². The van der Waals surface area contributed by atoms with E-state index in [9.17, 15) is 4.79 Å². The van der Waals surface area contributed by atoms with Crippen molar-refractivity contribution in [2.45, 2.75) is 85.0 Å². The van der Waals surface area contributed by atoms with Crippen molar-refractivity contribution in [3.63, 3.8) is 0 Å². The summed E-state index contributed by atoms with van der Waals surface area (Å²) in [4.78, 5) is 23.2. The van der Waals surface area contributed by atoms with Crippen LogP contribution in [0, 0.1) is 19.8 Å². The van der Waals surface area contributed by atoms with Crippen molar-refractivity contribution in [3.8, 4) is 0 Å². The summed E-state index contributed by atoms with van der Waals surface area (Å²) < 4.78 is 2.07. The van der Waals surface area contributed by atoms with Gasteiger partial charge in [-0.3, -0.25) is 14.7 Å². The van der Waals surface area contributed by atoms with Crippen molar-refractivity contribution in [1.29, 1.82) is 0 Å². The SMILES string of the molecule is Cc1ccc2cc(CN(Cc3cccnc3)C(c3nnnn3C3CCCCC3)C(C)C)c(=O)[nH]c2c1C. The number of fused-ring (bicyclic) bond motifs is 1. The van der Waals surface area contributed by atoms with Gasteiger partial charge in [-0.25, -0.2) is 4.68 Å². The monoisotopic (exact) mass is 499 g/mol. The van der Waals surface area contributed by atoms with Gasteiger partial charge in [0.1, 0.15) is 0 Å². The zero-order valence-corrected chi connectivity index (χ0v) is 22.3. The van der Waals surface area contributed by atoms with Crippen molar-refractivity contribution >= 4 is 10.9 Å². The van der Waals surface area contributed by atoms with Crippen LogP contribution in [0.5, 0.6) is 0 Å². The van der Waals surface area contributed by atoms with Crippen LogP contribution < -0.4 is 5.56 Å². The first-order valence-corrected chi connectivity index (χ1v) is 13.4. The fraction of sp³-hybridized carbons (Fsp3) is 0.483. The summed E-state index contributed by atoms with van der Waals surface area (Å²) in [5.41, 5.74) is 4.97. The minimum atomic E-state index is -0.0630. The lowest BCUT2D eigenvalue weighted by atomic mass is 9.94. The van der Waals surface area contributed by atoms with E-state index < -0.39 is 0 Å². The Bertz CT molecular complexity index is 1400. The summed E-state index contributed by atoms with van der Waals surface area (Å²) in [5.74, 6) is 1.11. The van der Waals surface area contributed by atoms with Crippen LogP contribution in [0.25, 0.3) is 10.9 Å². The molecule has 1 saturated carbocycles. The molecule has 1 aromatic carbocycles.